The Morgan fingerprint density at radius 1 is 1.73 bits per heavy atom. The maximum absolute atomic E-state index is 5.23. The van der Waals surface area contributed by atoms with Crippen molar-refractivity contribution in [3.8, 4) is 0 Å². The Morgan fingerprint density at radius 2 is 2.55 bits per heavy atom. The zero-order valence-corrected chi connectivity index (χ0v) is 6.53. The lowest BCUT2D eigenvalue weighted by Crippen LogP contribution is -2.08. The van der Waals surface area contributed by atoms with E-state index in [2.05, 4.69) is 10.2 Å². The van der Waals surface area contributed by atoms with Crippen LogP contribution in [0.1, 0.15) is 5.69 Å². The van der Waals surface area contributed by atoms with Crippen LogP contribution in [-0.4, -0.2) is 28.1 Å². The highest BCUT2D eigenvalue weighted by Gasteiger charge is 1.95. The van der Waals surface area contributed by atoms with Crippen LogP contribution in [0.5, 0.6) is 0 Å². The van der Waals surface area contributed by atoms with E-state index < -0.39 is 0 Å². The van der Waals surface area contributed by atoms with Crippen molar-refractivity contribution in [3.05, 3.63) is 11.9 Å². The first-order valence-electron chi connectivity index (χ1n) is 3.46. The van der Waals surface area contributed by atoms with Gasteiger partial charge in [0.2, 0.25) is 0 Å². The van der Waals surface area contributed by atoms with Gasteiger partial charge in [-0.15, -0.1) is 0 Å². The Labute approximate surface area is 65.1 Å². The predicted octanol–water partition coefficient (Wildman–Crippen LogP) is -0.710. The van der Waals surface area contributed by atoms with Crippen LogP contribution in [0.3, 0.4) is 0 Å². The summed E-state index contributed by atoms with van der Waals surface area (Å²) in [5.74, 6) is 0. The summed E-state index contributed by atoms with van der Waals surface area (Å²) in [5, 5.41) is 7.91. The minimum atomic E-state index is 0.491. The third-order valence-electron chi connectivity index (χ3n) is 1.16. The van der Waals surface area contributed by atoms with Crippen molar-refractivity contribution >= 4 is 0 Å². The molecule has 1 aromatic heterocycles. The van der Waals surface area contributed by atoms with Gasteiger partial charge in [0.15, 0.2) is 0 Å². The zero-order chi connectivity index (χ0) is 8.10. The molecule has 0 saturated heterocycles. The van der Waals surface area contributed by atoms with Crippen LogP contribution >= 0.6 is 0 Å². The van der Waals surface area contributed by atoms with Gasteiger partial charge in [0.1, 0.15) is 5.69 Å². The Morgan fingerprint density at radius 3 is 3.09 bits per heavy atom. The summed E-state index contributed by atoms with van der Waals surface area (Å²) in [6, 6.07) is 0. The molecule has 0 amide bonds. The number of rotatable bonds is 4. The van der Waals surface area contributed by atoms with E-state index in [0.717, 1.165) is 5.69 Å². The third-order valence-corrected chi connectivity index (χ3v) is 1.16. The molecule has 0 fully saturated rings. The average Bonchev–Trinajstić information content (AvgIpc) is 2.37. The highest BCUT2D eigenvalue weighted by Crippen LogP contribution is 1.92. The molecule has 5 heteroatoms. The molecule has 0 unspecified atom stereocenters. The van der Waals surface area contributed by atoms with Crippen LogP contribution in [-0.2, 0) is 18.4 Å². The van der Waals surface area contributed by atoms with Gasteiger partial charge in [0.25, 0.3) is 0 Å². The van der Waals surface area contributed by atoms with Crippen molar-refractivity contribution in [1.29, 1.82) is 0 Å². The molecule has 0 atom stereocenters. The summed E-state index contributed by atoms with van der Waals surface area (Å²) in [4.78, 5) is 1.50. The van der Waals surface area contributed by atoms with Crippen LogP contribution in [0.25, 0.3) is 0 Å². The first-order valence-corrected chi connectivity index (χ1v) is 3.46. The van der Waals surface area contributed by atoms with Crippen molar-refractivity contribution in [2.45, 2.75) is 6.61 Å². The lowest BCUT2D eigenvalue weighted by molar-refractivity contribution is 0.125. The predicted molar refractivity (Wildman–Crippen MR) is 39.7 cm³/mol. The summed E-state index contributed by atoms with van der Waals surface area (Å²) >= 11 is 0. The molecule has 1 rings (SSSR count). The Kier molecular flexibility index (Phi) is 3.00. The highest BCUT2D eigenvalue weighted by atomic mass is 16.5. The average molecular weight is 156 g/mol. The Bertz CT molecular complexity index is 210. The van der Waals surface area contributed by atoms with Gasteiger partial charge in [-0.1, -0.05) is 0 Å². The van der Waals surface area contributed by atoms with E-state index in [9.17, 15) is 0 Å². The molecule has 2 N–H and O–H groups in total. The number of ether oxygens (including phenoxy) is 1. The van der Waals surface area contributed by atoms with Crippen LogP contribution in [0, 0.1) is 0 Å². The number of nitrogens with two attached hydrogens (primary N) is 1. The number of hydrogen-bond donors (Lipinski definition) is 1. The van der Waals surface area contributed by atoms with Gasteiger partial charge in [-0.3, -0.25) is 0 Å². The standard InChI is InChI=1S/C6H12N4O/c1-10-8-4-6(9-10)5-11-3-2-7/h4H,2-3,5,7H2,1H3. The van der Waals surface area contributed by atoms with E-state index in [4.69, 9.17) is 10.5 Å². The fourth-order valence-electron chi connectivity index (χ4n) is 0.714. The normalized spacial score (nSPS) is 10.4. The van der Waals surface area contributed by atoms with Crippen molar-refractivity contribution in [3.63, 3.8) is 0 Å². The maximum Gasteiger partial charge on any atom is 0.108 e. The fraction of sp³-hybridized carbons (Fsp3) is 0.667. The highest BCUT2D eigenvalue weighted by molar-refractivity contribution is 4.87. The smallest absolute Gasteiger partial charge is 0.108 e. The van der Waals surface area contributed by atoms with Crippen molar-refractivity contribution in [2.24, 2.45) is 12.8 Å². The van der Waals surface area contributed by atoms with Crippen molar-refractivity contribution < 1.29 is 4.74 Å². The Balaban J connectivity index is 2.27. The summed E-state index contributed by atoms with van der Waals surface area (Å²) in [7, 11) is 1.77. The van der Waals surface area contributed by atoms with Gasteiger partial charge in [0.05, 0.1) is 19.4 Å². The largest absolute Gasteiger partial charge is 0.374 e. The van der Waals surface area contributed by atoms with E-state index in [0.29, 0.717) is 19.8 Å². The number of aromatic nitrogens is 3. The molecular formula is C6H12N4O. The zero-order valence-electron chi connectivity index (χ0n) is 6.53. The second-order valence-electron chi connectivity index (χ2n) is 2.17. The fourth-order valence-corrected chi connectivity index (χ4v) is 0.714. The molecule has 1 aromatic rings. The number of nitrogens with zero attached hydrogens (tertiary/aromatic N) is 3. The molecule has 11 heavy (non-hydrogen) atoms. The van der Waals surface area contributed by atoms with Gasteiger partial charge in [-0.2, -0.15) is 15.0 Å². The Hall–Kier alpha value is -0.940. The van der Waals surface area contributed by atoms with Gasteiger partial charge in [0, 0.05) is 13.6 Å². The minimum Gasteiger partial charge on any atom is -0.374 e. The van der Waals surface area contributed by atoms with E-state index >= 15 is 0 Å². The lowest BCUT2D eigenvalue weighted by atomic mass is 10.5. The lowest BCUT2D eigenvalue weighted by Gasteiger charge is -1.96. The van der Waals surface area contributed by atoms with E-state index in [1.165, 1.54) is 4.80 Å². The first kappa shape index (κ1) is 8.16. The molecule has 0 aromatic carbocycles. The molecule has 5 nitrogen and oxygen atoms in total. The molecule has 0 spiro atoms. The molecule has 0 saturated carbocycles. The van der Waals surface area contributed by atoms with E-state index in [1.807, 2.05) is 0 Å². The van der Waals surface area contributed by atoms with Gasteiger partial charge in [-0.05, 0) is 0 Å². The molecule has 0 radical (unpaired) electrons. The first-order chi connectivity index (χ1) is 5.33. The molecule has 1 heterocycles. The maximum atomic E-state index is 5.23. The minimum absolute atomic E-state index is 0.491. The van der Waals surface area contributed by atoms with Crippen LogP contribution < -0.4 is 5.73 Å². The van der Waals surface area contributed by atoms with Gasteiger partial charge in [-0.25, -0.2) is 0 Å². The number of aryl methyl sites for hydroxylation is 1. The molecule has 0 aliphatic carbocycles. The van der Waals surface area contributed by atoms with Crippen molar-refractivity contribution in [2.75, 3.05) is 13.2 Å². The second kappa shape index (κ2) is 4.05. The third kappa shape index (κ3) is 2.65. The molecule has 0 aliphatic rings. The van der Waals surface area contributed by atoms with Crippen LogP contribution in [0.4, 0.5) is 0 Å². The molecule has 0 bridgehead atoms. The summed E-state index contributed by atoms with van der Waals surface area (Å²) < 4.78 is 5.14. The monoisotopic (exact) mass is 156 g/mol. The SMILES string of the molecule is Cn1ncc(COCCN)n1. The second-order valence-corrected chi connectivity index (χ2v) is 2.17. The topological polar surface area (TPSA) is 66.0 Å². The summed E-state index contributed by atoms with van der Waals surface area (Å²) in [5.41, 5.74) is 6.07. The molecular weight excluding hydrogens is 144 g/mol. The van der Waals surface area contributed by atoms with Crippen molar-refractivity contribution in [1.82, 2.24) is 15.0 Å². The van der Waals surface area contributed by atoms with E-state index in [1.54, 1.807) is 13.2 Å². The molecule has 62 valence electrons. The molecule has 0 aliphatic heterocycles. The van der Waals surface area contributed by atoms with E-state index in [-0.39, 0.29) is 0 Å². The van der Waals surface area contributed by atoms with Gasteiger partial charge >= 0.3 is 0 Å². The van der Waals surface area contributed by atoms with Crippen LogP contribution in [0.15, 0.2) is 6.20 Å². The van der Waals surface area contributed by atoms with Gasteiger partial charge < -0.3 is 10.5 Å². The summed E-state index contributed by atoms with van der Waals surface area (Å²) in [6.07, 6.45) is 1.68. The number of hydrogen-bond acceptors (Lipinski definition) is 4. The van der Waals surface area contributed by atoms with Crippen LogP contribution in [0.2, 0.25) is 0 Å². The summed E-state index contributed by atoms with van der Waals surface area (Å²) in [6.45, 7) is 1.60. The quantitative estimate of drug-likeness (QED) is 0.585.